The van der Waals surface area contributed by atoms with E-state index in [-0.39, 0.29) is 0 Å². The monoisotopic (exact) mass is 396 g/mol. The van der Waals surface area contributed by atoms with Crippen LogP contribution in [0.3, 0.4) is 0 Å². The molecular formula is C18H26Cl2N6. The summed E-state index contributed by atoms with van der Waals surface area (Å²) in [6.07, 6.45) is 8.91. The van der Waals surface area contributed by atoms with E-state index in [1.54, 1.807) is 24.8 Å². The van der Waals surface area contributed by atoms with Crippen LogP contribution in [-0.2, 0) is 0 Å². The summed E-state index contributed by atoms with van der Waals surface area (Å²) >= 11 is 11.8. The minimum absolute atomic E-state index is 0.652. The molecule has 26 heavy (non-hydrogen) atoms. The summed E-state index contributed by atoms with van der Waals surface area (Å²) in [5.41, 5.74) is 1.92. The lowest BCUT2D eigenvalue weighted by molar-refractivity contribution is 0.595. The molecule has 2 rings (SSSR count). The molecule has 8 heteroatoms. The van der Waals surface area contributed by atoms with Crippen LogP contribution in [0.1, 0.15) is 12.8 Å². The Morgan fingerprint density at radius 3 is 1.50 bits per heavy atom. The van der Waals surface area contributed by atoms with Gasteiger partial charge >= 0.3 is 0 Å². The standard InChI is InChI=1S/C18H26Cl2N6/c19-15-9-17(13-23-11-15)25-5-1-3-21-7-8-22-4-2-6-26-18-10-16(20)12-24-14-18/h9-14,21-22,25-26H,1-8H2. The van der Waals surface area contributed by atoms with Crippen molar-refractivity contribution in [2.24, 2.45) is 0 Å². The summed E-state index contributed by atoms with van der Waals surface area (Å²) in [6.45, 7) is 5.67. The van der Waals surface area contributed by atoms with Crippen molar-refractivity contribution in [3.63, 3.8) is 0 Å². The molecule has 0 atom stereocenters. The molecule has 0 radical (unpaired) electrons. The lowest BCUT2D eigenvalue weighted by atomic mass is 10.3. The molecule has 2 aromatic heterocycles. The van der Waals surface area contributed by atoms with Gasteiger partial charge in [-0.15, -0.1) is 0 Å². The third-order valence-electron chi connectivity index (χ3n) is 3.61. The molecule has 0 aliphatic rings. The van der Waals surface area contributed by atoms with Crippen molar-refractivity contribution >= 4 is 34.6 Å². The van der Waals surface area contributed by atoms with Gasteiger partial charge in [0.2, 0.25) is 0 Å². The Labute approximate surface area is 165 Å². The Morgan fingerprint density at radius 1 is 0.615 bits per heavy atom. The van der Waals surface area contributed by atoms with Crippen molar-refractivity contribution in [2.45, 2.75) is 12.8 Å². The molecular weight excluding hydrogens is 371 g/mol. The lowest BCUT2D eigenvalue weighted by Gasteiger charge is -2.09. The number of aromatic nitrogens is 2. The largest absolute Gasteiger partial charge is 0.384 e. The van der Waals surface area contributed by atoms with Crippen LogP contribution in [0.4, 0.5) is 11.4 Å². The van der Waals surface area contributed by atoms with E-state index in [0.29, 0.717) is 10.0 Å². The SMILES string of the molecule is Clc1cncc(NCCCNCCNCCCNc2cncc(Cl)c2)c1. The Hall–Kier alpha value is -1.60. The van der Waals surface area contributed by atoms with Gasteiger partial charge in [-0.05, 0) is 38.1 Å². The highest BCUT2D eigenvalue weighted by molar-refractivity contribution is 6.31. The van der Waals surface area contributed by atoms with Gasteiger partial charge in [0.25, 0.3) is 0 Å². The van der Waals surface area contributed by atoms with Gasteiger partial charge in [-0.1, -0.05) is 23.2 Å². The Balaban J connectivity index is 1.36. The second-order valence-electron chi connectivity index (χ2n) is 5.84. The molecule has 0 aromatic carbocycles. The molecule has 0 amide bonds. The number of hydrogen-bond donors (Lipinski definition) is 4. The molecule has 4 N–H and O–H groups in total. The molecule has 2 heterocycles. The molecule has 6 nitrogen and oxygen atoms in total. The summed E-state index contributed by atoms with van der Waals surface area (Å²) in [5.74, 6) is 0. The quantitative estimate of drug-likeness (QED) is 0.389. The van der Waals surface area contributed by atoms with Gasteiger partial charge in [0.1, 0.15) is 0 Å². The zero-order chi connectivity index (χ0) is 18.5. The van der Waals surface area contributed by atoms with Gasteiger partial charge in [-0.25, -0.2) is 0 Å². The third kappa shape index (κ3) is 9.20. The number of anilines is 2. The van der Waals surface area contributed by atoms with Crippen molar-refractivity contribution < 1.29 is 0 Å². The lowest BCUT2D eigenvalue weighted by Crippen LogP contribution is -2.29. The van der Waals surface area contributed by atoms with Crippen molar-refractivity contribution in [2.75, 3.05) is 49.9 Å². The number of nitrogens with one attached hydrogen (secondary N) is 4. The average Bonchev–Trinajstić information content (AvgIpc) is 2.63. The molecule has 2 aromatic rings. The van der Waals surface area contributed by atoms with Crippen LogP contribution in [-0.4, -0.2) is 49.2 Å². The van der Waals surface area contributed by atoms with E-state index in [1.165, 1.54) is 0 Å². The van der Waals surface area contributed by atoms with E-state index in [2.05, 4.69) is 31.2 Å². The maximum Gasteiger partial charge on any atom is 0.0609 e. The fourth-order valence-electron chi connectivity index (χ4n) is 2.34. The van der Waals surface area contributed by atoms with Gasteiger partial charge in [-0.3, -0.25) is 9.97 Å². The second-order valence-corrected chi connectivity index (χ2v) is 6.72. The van der Waals surface area contributed by atoms with Crippen LogP contribution in [0.15, 0.2) is 36.9 Å². The molecule has 0 saturated heterocycles. The van der Waals surface area contributed by atoms with E-state index < -0.39 is 0 Å². The van der Waals surface area contributed by atoms with Crippen molar-refractivity contribution in [3.8, 4) is 0 Å². The minimum atomic E-state index is 0.652. The van der Waals surface area contributed by atoms with E-state index in [9.17, 15) is 0 Å². The second kappa shape index (κ2) is 12.7. The summed E-state index contributed by atoms with van der Waals surface area (Å²) in [5, 5.41) is 14.8. The number of halogens is 2. The van der Waals surface area contributed by atoms with Crippen LogP contribution in [0.5, 0.6) is 0 Å². The van der Waals surface area contributed by atoms with Gasteiger partial charge in [0.15, 0.2) is 0 Å². The van der Waals surface area contributed by atoms with E-state index in [0.717, 1.165) is 63.5 Å². The Morgan fingerprint density at radius 2 is 1.08 bits per heavy atom. The average molecular weight is 397 g/mol. The van der Waals surface area contributed by atoms with Gasteiger partial charge in [0.05, 0.1) is 33.8 Å². The zero-order valence-electron chi connectivity index (χ0n) is 14.8. The molecule has 0 aliphatic carbocycles. The van der Waals surface area contributed by atoms with Crippen LogP contribution < -0.4 is 21.3 Å². The predicted molar refractivity (Wildman–Crippen MR) is 110 cm³/mol. The fourth-order valence-corrected chi connectivity index (χ4v) is 2.68. The normalized spacial score (nSPS) is 10.7. The first kappa shape index (κ1) is 20.7. The van der Waals surface area contributed by atoms with Crippen LogP contribution in [0, 0.1) is 0 Å². The van der Waals surface area contributed by atoms with Crippen LogP contribution in [0.25, 0.3) is 0 Å². The van der Waals surface area contributed by atoms with Gasteiger partial charge in [-0.2, -0.15) is 0 Å². The highest BCUT2D eigenvalue weighted by Gasteiger charge is 1.95. The molecule has 0 spiro atoms. The van der Waals surface area contributed by atoms with Crippen LogP contribution in [0.2, 0.25) is 10.0 Å². The molecule has 0 unspecified atom stereocenters. The topological polar surface area (TPSA) is 73.9 Å². The number of rotatable bonds is 13. The summed E-state index contributed by atoms with van der Waals surface area (Å²) in [6, 6.07) is 3.76. The molecule has 142 valence electrons. The molecule has 0 fully saturated rings. The van der Waals surface area contributed by atoms with Gasteiger partial charge < -0.3 is 21.3 Å². The number of hydrogen-bond acceptors (Lipinski definition) is 6. The number of nitrogens with zero attached hydrogens (tertiary/aromatic N) is 2. The Kier molecular flexibility index (Phi) is 10.1. The molecule has 0 aliphatic heterocycles. The van der Waals surface area contributed by atoms with E-state index >= 15 is 0 Å². The Bertz CT molecular complexity index is 585. The summed E-state index contributed by atoms with van der Waals surface area (Å²) in [7, 11) is 0. The smallest absolute Gasteiger partial charge is 0.0609 e. The highest BCUT2D eigenvalue weighted by Crippen LogP contribution is 2.13. The van der Waals surface area contributed by atoms with E-state index in [1.807, 2.05) is 12.1 Å². The fraction of sp³-hybridized carbons (Fsp3) is 0.444. The minimum Gasteiger partial charge on any atom is -0.384 e. The molecule has 0 bridgehead atoms. The van der Waals surface area contributed by atoms with Gasteiger partial charge in [0, 0.05) is 38.6 Å². The molecule has 0 saturated carbocycles. The first-order valence-electron chi connectivity index (χ1n) is 8.84. The zero-order valence-corrected chi connectivity index (χ0v) is 16.3. The van der Waals surface area contributed by atoms with E-state index in [4.69, 9.17) is 23.2 Å². The van der Waals surface area contributed by atoms with Crippen molar-refractivity contribution in [1.29, 1.82) is 0 Å². The maximum absolute atomic E-state index is 5.89. The highest BCUT2D eigenvalue weighted by atomic mass is 35.5. The first-order chi connectivity index (χ1) is 12.7. The van der Waals surface area contributed by atoms with Crippen molar-refractivity contribution in [3.05, 3.63) is 47.0 Å². The first-order valence-corrected chi connectivity index (χ1v) is 9.60. The third-order valence-corrected chi connectivity index (χ3v) is 4.02. The van der Waals surface area contributed by atoms with Crippen LogP contribution >= 0.6 is 23.2 Å². The summed E-state index contributed by atoms with van der Waals surface area (Å²) < 4.78 is 0. The van der Waals surface area contributed by atoms with Crippen molar-refractivity contribution in [1.82, 2.24) is 20.6 Å². The number of pyridine rings is 2. The summed E-state index contributed by atoms with van der Waals surface area (Å²) in [4.78, 5) is 8.09. The predicted octanol–water partition coefficient (Wildman–Crippen LogP) is 3.27. The maximum atomic E-state index is 5.89.